The molecule has 0 saturated carbocycles. The molecule has 98 valence electrons. The van der Waals surface area contributed by atoms with Crippen molar-refractivity contribution in [2.24, 2.45) is 0 Å². The highest BCUT2D eigenvalue weighted by Crippen LogP contribution is 2.17. The molecule has 2 rings (SSSR count). The molecule has 1 aromatic heterocycles. The highest BCUT2D eigenvalue weighted by Gasteiger charge is 2.19. The van der Waals surface area contributed by atoms with Crippen molar-refractivity contribution < 1.29 is 18.0 Å². The van der Waals surface area contributed by atoms with E-state index in [1.54, 1.807) is 31.2 Å². The van der Waals surface area contributed by atoms with E-state index >= 15 is 0 Å². The van der Waals surface area contributed by atoms with E-state index in [0.29, 0.717) is 11.8 Å². The molecule has 0 spiro atoms. The number of pyridine rings is 1. The fraction of sp³-hybridized carbons (Fsp3) is 0.0769. The van der Waals surface area contributed by atoms with Gasteiger partial charge >= 0.3 is 0 Å². The zero-order chi connectivity index (χ0) is 14.0. The Morgan fingerprint density at radius 1 is 1.21 bits per heavy atom. The van der Waals surface area contributed by atoms with E-state index in [-0.39, 0.29) is 0 Å². The van der Waals surface area contributed by atoms with Gasteiger partial charge in [-0.25, -0.2) is 4.39 Å². The molecule has 0 radical (unpaired) electrons. The van der Waals surface area contributed by atoms with Gasteiger partial charge in [-0.3, -0.25) is 4.79 Å². The van der Waals surface area contributed by atoms with Gasteiger partial charge in [-0.2, -0.15) is 13.8 Å². The fourth-order valence-electron chi connectivity index (χ4n) is 1.54. The Labute approximate surface area is 107 Å². The highest BCUT2D eigenvalue weighted by molar-refractivity contribution is 6.04. The standard InChI is InChI=1S/C13H9F3N2O/c1-7-4-2-3-5-9(7)17-13(19)8-6-10(14)18-12(16)11(8)15/h2-6H,1H3,(H,17,19). The first-order valence-electron chi connectivity index (χ1n) is 5.37. The lowest BCUT2D eigenvalue weighted by Crippen LogP contribution is -2.16. The third kappa shape index (κ3) is 2.73. The number of carbonyl (C=O) groups excluding carboxylic acids is 1. The summed E-state index contributed by atoms with van der Waals surface area (Å²) in [6.45, 7) is 1.74. The van der Waals surface area contributed by atoms with Crippen molar-refractivity contribution in [2.75, 3.05) is 5.32 Å². The van der Waals surface area contributed by atoms with Crippen LogP contribution in [0, 0.1) is 24.6 Å². The molecule has 3 nitrogen and oxygen atoms in total. The number of hydrogen-bond donors (Lipinski definition) is 1. The fourth-order valence-corrected chi connectivity index (χ4v) is 1.54. The van der Waals surface area contributed by atoms with Crippen molar-refractivity contribution in [3.8, 4) is 0 Å². The van der Waals surface area contributed by atoms with Crippen LogP contribution < -0.4 is 5.32 Å². The van der Waals surface area contributed by atoms with Crippen molar-refractivity contribution in [1.29, 1.82) is 0 Å². The number of para-hydroxylation sites is 1. The maximum absolute atomic E-state index is 13.4. The number of nitrogens with one attached hydrogen (secondary N) is 1. The van der Waals surface area contributed by atoms with Gasteiger partial charge in [-0.1, -0.05) is 18.2 Å². The first-order valence-corrected chi connectivity index (χ1v) is 5.37. The maximum atomic E-state index is 13.4. The van der Waals surface area contributed by atoms with Gasteiger partial charge in [0.05, 0.1) is 5.56 Å². The average molecular weight is 266 g/mol. The summed E-state index contributed by atoms with van der Waals surface area (Å²) in [7, 11) is 0. The van der Waals surface area contributed by atoms with E-state index in [0.717, 1.165) is 5.56 Å². The van der Waals surface area contributed by atoms with Crippen LogP contribution in [0.15, 0.2) is 30.3 Å². The van der Waals surface area contributed by atoms with E-state index in [2.05, 4.69) is 10.3 Å². The topological polar surface area (TPSA) is 42.0 Å². The molecule has 1 amide bonds. The second-order valence-corrected chi connectivity index (χ2v) is 3.87. The van der Waals surface area contributed by atoms with Gasteiger partial charge in [-0.15, -0.1) is 0 Å². The van der Waals surface area contributed by atoms with Gasteiger partial charge in [0.25, 0.3) is 11.9 Å². The van der Waals surface area contributed by atoms with Gasteiger partial charge in [0.1, 0.15) is 0 Å². The van der Waals surface area contributed by atoms with Crippen LogP contribution in [0.4, 0.5) is 18.9 Å². The Hall–Kier alpha value is -2.37. The molecule has 0 aliphatic rings. The minimum absolute atomic E-state index is 0.435. The number of amides is 1. The SMILES string of the molecule is Cc1ccccc1NC(=O)c1cc(F)nc(F)c1F. The summed E-state index contributed by atoms with van der Waals surface area (Å²) in [4.78, 5) is 14.4. The first-order chi connectivity index (χ1) is 8.99. The van der Waals surface area contributed by atoms with Crippen molar-refractivity contribution in [2.45, 2.75) is 6.92 Å². The maximum Gasteiger partial charge on any atom is 0.258 e. The Kier molecular flexibility index (Phi) is 3.50. The summed E-state index contributed by atoms with van der Waals surface area (Å²) in [6, 6.07) is 7.31. The van der Waals surface area contributed by atoms with Crippen LogP contribution in [0.5, 0.6) is 0 Å². The molecule has 0 aliphatic carbocycles. The van der Waals surface area contributed by atoms with E-state index < -0.39 is 29.2 Å². The summed E-state index contributed by atoms with van der Waals surface area (Å²) < 4.78 is 39.2. The van der Waals surface area contributed by atoms with Gasteiger partial charge in [0.2, 0.25) is 5.95 Å². The van der Waals surface area contributed by atoms with Crippen LogP contribution in [0.2, 0.25) is 0 Å². The molecule has 1 aromatic carbocycles. The van der Waals surface area contributed by atoms with Crippen molar-refractivity contribution in [3.05, 3.63) is 59.2 Å². The van der Waals surface area contributed by atoms with Crippen molar-refractivity contribution in [3.63, 3.8) is 0 Å². The van der Waals surface area contributed by atoms with Gasteiger partial charge in [-0.05, 0) is 18.6 Å². The van der Waals surface area contributed by atoms with E-state index in [1.807, 2.05) is 0 Å². The Bertz CT molecular complexity index is 644. The predicted molar refractivity (Wildman–Crippen MR) is 63.2 cm³/mol. The van der Waals surface area contributed by atoms with E-state index in [1.165, 1.54) is 0 Å². The van der Waals surface area contributed by atoms with E-state index in [9.17, 15) is 18.0 Å². The smallest absolute Gasteiger partial charge is 0.258 e. The van der Waals surface area contributed by atoms with Crippen LogP contribution in [-0.4, -0.2) is 10.9 Å². The molecular formula is C13H9F3N2O. The lowest BCUT2D eigenvalue weighted by Gasteiger charge is -2.08. The summed E-state index contributed by atoms with van der Waals surface area (Å²) in [5.41, 5.74) is 0.448. The molecule has 0 bridgehead atoms. The number of aromatic nitrogens is 1. The number of halogens is 3. The lowest BCUT2D eigenvalue weighted by atomic mass is 10.2. The first kappa shape index (κ1) is 13.1. The molecule has 2 aromatic rings. The van der Waals surface area contributed by atoms with Crippen LogP contribution >= 0.6 is 0 Å². The molecule has 19 heavy (non-hydrogen) atoms. The summed E-state index contributed by atoms with van der Waals surface area (Å²) in [5.74, 6) is -5.32. The Morgan fingerprint density at radius 2 is 1.89 bits per heavy atom. The lowest BCUT2D eigenvalue weighted by molar-refractivity contribution is 0.102. The van der Waals surface area contributed by atoms with Crippen LogP contribution in [0.3, 0.4) is 0 Å². The third-order valence-corrected chi connectivity index (χ3v) is 2.52. The minimum Gasteiger partial charge on any atom is -0.322 e. The van der Waals surface area contributed by atoms with Crippen molar-refractivity contribution >= 4 is 11.6 Å². The normalized spacial score (nSPS) is 10.3. The largest absolute Gasteiger partial charge is 0.322 e. The van der Waals surface area contributed by atoms with Gasteiger partial charge in [0.15, 0.2) is 5.82 Å². The Balaban J connectivity index is 2.33. The number of rotatable bonds is 2. The van der Waals surface area contributed by atoms with Crippen LogP contribution in [0.25, 0.3) is 0 Å². The number of hydrogen-bond acceptors (Lipinski definition) is 2. The molecule has 0 aliphatic heterocycles. The number of nitrogens with zero attached hydrogens (tertiary/aromatic N) is 1. The molecule has 0 atom stereocenters. The summed E-state index contributed by atoms with van der Waals surface area (Å²) >= 11 is 0. The quantitative estimate of drug-likeness (QED) is 0.849. The minimum atomic E-state index is -1.64. The molecule has 0 unspecified atom stereocenters. The van der Waals surface area contributed by atoms with Crippen molar-refractivity contribution in [1.82, 2.24) is 4.98 Å². The molecular weight excluding hydrogens is 257 g/mol. The van der Waals surface area contributed by atoms with Crippen LogP contribution in [0.1, 0.15) is 15.9 Å². The van der Waals surface area contributed by atoms with Gasteiger partial charge in [0, 0.05) is 11.8 Å². The molecule has 0 fully saturated rings. The summed E-state index contributed by atoms with van der Waals surface area (Å²) in [5, 5.41) is 2.38. The molecule has 1 heterocycles. The second-order valence-electron chi connectivity index (χ2n) is 3.87. The molecule has 1 N–H and O–H groups in total. The predicted octanol–water partition coefficient (Wildman–Crippen LogP) is 3.06. The van der Waals surface area contributed by atoms with E-state index in [4.69, 9.17) is 0 Å². The Morgan fingerprint density at radius 3 is 2.58 bits per heavy atom. The molecule has 0 saturated heterocycles. The summed E-state index contributed by atoms with van der Waals surface area (Å²) in [6.07, 6.45) is 0. The zero-order valence-electron chi connectivity index (χ0n) is 9.88. The third-order valence-electron chi connectivity index (χ3n) is 2.52. The monoisotopic (exact) mass is 266 g/mol. The number of benzene rings is 1. The highest BCUT2D eigenvalue weighted by atomic mass is 19.2. The second kappa shape index (κ2) is 5.09. The zero-order valence-corrected chi connectivity index (χ0v) is 9.88. The number of anilines is 1. The molecule has 6 heteroatoms. The average Bonchev–Trinajstić information content (AvgIpc) is 2.36. The van der Waals surface area contributed by atoms with Gasteiger partial charge < -0.3 is 5.32 Å². The van der Waals surface area contributed by atoms with Crippen LogP contribution in [-0.2, 0) is 0 Å². The number of aryl methyl sites for hydroxylation is 1. The number of carbonyl (C=O) groups is 1.